The van der Waals surface area contributed by atoms with Crippen molar-refractivity contribution in [1.29, 1.82) is 0 Å². The van der Waals surface area contributed by atoms with Crippen LogP contribution in [-0.2, 0) is 19.4 Å². The zero-order chi connectivity index (χ0) is 23.8. The van der Waals surface area contributed by atoms with E-state index < -0.39 is 0 Å². The lowest BCUT2D eigenvalue weighted by Gasteiger charge is -2.08. The number of hydrogen-bond acceptors (Lipinski definition) is 3. The average Bonchev–Trinajstić information content (AvgIpc) is 2.83. The quantitative estimate of drug-likeness (QED) is 0.129. The van der Waals surface area contributed by atoms with Gasteiger partial charge in [-0.15, -0.1) is 0 Å². The van der Waals surface area contributed by atoms with E-state index in [9.17, 15) is 0 Å². The van der Waals surface area contributed by atoms with Gasteiger partial charge < -0.3 is 15.3 Å². The van der Waals surface area contributed by atoms with E-state index in [0.29, 0.717) is 19.8 Å². The van der Waals surface area contributed by atoms with Crippen LogP contribution in [0.2, 0.25) is 0 Å². The first-order chi connectivity index (χ1) is 16.3. The van der Waals surface area contributed by atoms with Crippen LogP contribution in [0.15, 0.2) is 18.3 Å². The molecular weight excluding hydrogens is 410 g/mol. The van der Waals surface area contributed by atoms with Crippen molar-refractivity contribution in [3.63, 3.8) is 0 Å². The summed E-state index contributed by atoms with van der Waals surface area (Å²) in [6, 6.07) is 4.81. The van der Waals surface area contributed by atoms with Gasteiger partial charge in [0.05, 0.1) is 0 Å². The minimum atomic E-state index is 0.330. The largest absolute Gasteiger partial charge is 0.396 e. The van der Waals surface area contributed by atoms with E-state index in [4.69, 9.17) is 15.3 Å². The smallest absolute Gasteiger partial charge is 0.181 e. The Morgan fingerprint density at radius 1 is 0.485 bits per heavy atom. The van der Waals surface area contributed by atoms with Crippen molar-refractivity contribution >= 4 is 0 Å². The van der Waals surface area contributed by atoms with Gasteiger partial charge in [0.25, 0.3) is 0 Å². The van der Waals surface area contributed by atoms with Crippen LogP contribution in [0.4, 0.5) is 0 Å². The molecule has 1 rings (SSSR count). The second-order valence-electron chi connectivity index (χ2n) is 9.75. The Balaban J connectivity index is 2.44. The minimum Gasteiger partial charge on any atom is -0.396 e. The van der Waals surface area contributed by atoms with Crippen LogP contribution in [0.3, 0.4) is 0 Å². The number of nitrogens with zero attached hydrogens (tertiary/aromatic N) is 1. The molecule has 1 aromatic rings. The third kappa shape index (κ3) is 17.2. The zero-order valence-corrected chi connectivity index (χ0v) is 21.5. The Labute approximate surface area is 204 Å². The first kappa shape index (κ1) is 30.1. The summed E-state index contributed by atoms with van der Waals surface area (Å²) in [7, 11) is 0. The molecule has 0 amide bonds. The monoisotopic (exact) mass is 464 g/mol. The lowest BCUT2D eigenvalue weighted by atomic mass is 10.0. The number of unbranched alkanes of at least 4 members (excludes halogenated alkanes) is 15. The van der Waals surface area contributed by atoms with Gasteiger partial charge in [-0.3, -0.25) is 0 Å². The lowest BCUT2D eigenvalue weighted by molar-refractivity contribution is -0.704. The summed E-state index contributed by atoms with van der Waals surface area (Å²) < 4.78 is 2.50. The van der Waals surface area contributed by atoms with Gasteiger partial charge in [-0.1, -0.05) is 70.6 Å². The Morgan fingerprint density at radius 3 is 1.42 bits per heavy atom. The molecule has 1 aromatic heterocycles. The molecule has 0 fully saturated rings. The van der Waals surface area contributed by atoms with Gasteiger partial charge in [0, 0.05) is 44.8 Å². The molecule has 33 heavy (non-hydrogen) atoms. The van der Waals surface area contributed by atoms with E-state index >= 15 is 0 Å². The molecule has 0 aliphatic rings. The van der Waals surface area contributed by atoms with Crippen LogP contribution in [0.5, 0.6) is 0 Å². The number of aliphatic hydroxyl groups is 3. The van der Waals surface area contributed by atoms with E-state index in [1.54, 1.807) is 0 Å². The molecule has 0 saturated carbocycles. The fourth-order valence-corrected chi connectivity index (χ4v) is 4.59. The first-order valence-electron chi connectivity index (χ1n) is 14.2. The fraction of sp³-hybridized carbons (Fsp3) is 0.828. The molecule has 3 N–H and O–H groups in total. The van der Waals surface area contributed by atoms with Crippen LogP contribution in [0, 0.1) is 0 Å². The molecular formula is C29H54NO3+. The molecule has 4 heteroatoms. The molecule has 0 atom stereocenters. The Hall–Kier alpha value is -0.970. The molecule has 0 spiro atoms. The molecule has 1 heterocycles. The van der Waals surface area contributed by atoms with Gasteiger partial charge in [-0.05, 0) is 50.5 Å². The highest BCUT2D eigenvalue weighted by Crippen LogP contribution is 2.13. The maximum Gasteiger partial charge on any atom is 0.181 e. The maximum atomic E-state index is 8.92. The van der Waals surface area contributed by atoms with Crippen molar-refractivity contribution in [3.8, 4) is 0 Å². The van der Waals surface area contributed by atoms with Crippen molar-refractivity contribution in [3.05, 3.63) is 29.6 Å². The topological polar surface area (TPSA) is 64.6 Å². The minimum absolute atomic E-state index is 0.330. The van der Waals surface area contributed by atoms with E-state index in [2.05, 4.69) is 22.9 Å². The number of hydrogen-bond donors (Lipinski definition) is 3. The second kappa shape index (κ2) is 22.8. The normalized spacial score (nSPS) is 11.4. The summed E-state index contributed by atoms with van der Waals surface area (Å²) >= 11 is 0. The molecule has 0 aliphatic carbocycles. The number of aromatic nitrogens is 1. The standard InChI is InChI=1S/C29H54NO3/c31-24-16-10-4-1-7-13-19-28-21-23-30(22-15-9-3-6-12-18-26-33)29(27-28)20-14-8-2-5-11-17-25-32/h21,23,27,31-33H,1-20,22,24-26H2/q+1. The summed E-state index contributed by atoms with van der Waals surface area (Å²) in [4.78, 5) is 0. The van der Waals surface area contributed by atoms with Crippen molar-refractivity contribution in [2.24, 2.45) is 0 Å². The van der Waals surface area contributed by atoms with Gasteiger partial charge in [0.1, 0.15) is 6.54 Å². The van der Waals surface area contributed by atoms with Crippen molar-refractivity contribution in [1.82, 2.24) is 0 Å². The van der Waals surface area contributed by atoms with Crippen LogP contribution in [0.25, 0.3) is 0 Å². The summed E-state index contributed by atoms with van der Waals surface area (Å²) in [5.41, 5.74) is 3.00. The van der Waals surface area contributed by atoms with Crippen molar-refractivity contribution < 1.29 is 19.9 Å². The maximum absolute atomic E-state index is 8.92. The van der Waals surface area contributed by atoms with Crippen LogP contribution in [-0.4, -0.2) is 35.1 Å². The number of aliphatic hydroxyl groups excluding tert-OH is 3. The van der Waals surface area contributed by atoms with Crippen molar-refractivity contribution in [2.45, 2.75) is 135 Å². The van der Waals surface area contributed by atoms with E-state index in [-0.39, 0.29) is 0 Å². The van der Waals surface area contributed by atoms with Crippen LogP contribution >= 0.6 is 0 Å². The van der Waals surface area contributed by atoms with Gasteiger partial charge in [-0.2, -0.15) is 0 Å². The predicted molar refractivity (Wildman–Crippen MR) is 138 cm³/mol. The molecule has 0 unspecified atom stereocenters. The SMILES string of the molecule is OCCCCCCCCc1cc[n+](CCCCCCCCO)c(CCCCCCCCO)c1. The molecule has 192 valence electrons. The molecule has 0 saturated heterocycles. The van der Waals surface area contributed by atoms with E-state index in [1.807, 2.05) is 0 Å². The van der Waals surface area contributed by atoms with E-state index in [1.165, 1.54) is 101 Å². The van der Waals surface area contributed by atoms with Gasteiger partial charge >= 0.3 is 0 Å². The zero-order valence-electron chi connectivity index (χ0n) is 21.5. The van der Waals surface area contributed by atoms with Gasteiger partial charge in [0.15, 0.2) is 11.9 Å². The van der Waals surface area contributed by atoms with Gasteiger partial charge in [-0.25, -0.2) is 4.57 Å². The molecule has 0 aliphatic heterocycles. The number of rotatable bonds is 24. The summed E-state index contributed by atoms with van der Waals surface area (Å²) in [5.74, 6) is 0. The first-order valence-corrected chi connectivity index (χ1v) is 14.2. The highest BCUT2D eigenvalue weighted by molar-refractivity contribution is 5.13. The Bertz CT molecular complexity index is 550. The molecule has 4 nitrogen and oxygen atoms in total. The van der Waals surface area contributed by atoms with Crippen molar-refractivity contribution in [2.75, 3.05) is 19.8 Å². The summed E-state index contributed by atoms with van der Waals surface area (Å²) in [6.45, 7) is 2.11. The highest BCUT2D eigenvalue weighted by atomic mass is 16.3. The molecule has 0 bridgehead atoms. The predicted octanol–water partition coefficient (Wildman–Crippen LogP) is 6.06. The van der Waals surface area contributed by atoms with Crippen LogP contribution in [0.1, 0.15) is 127 Å². The third-order valence-corrected chi connectivity index (χ3v) is 6.71. The van der Waals surface area contributed by atoms with Crippen LogP contribution < -0.4 is 4.57 Å². The molecule has 0 aromatic carbocycles. The second-order valence-corrected chi connectivity index (χ2v) is 9.75. The van der Waals surface area contributed by atoms with E-state index in [0.717, 1.165) is 45.1 Å². The highest BCUT2D eigenvalue weighted by Gasteiger charge is 2.12. The fourth-order valence-electron chi connectivity index (χ4n) is 4.59. The Kier molecular flexibility index (Phi) is 20.8. The average molecular weight is 465 g/mol. The van der Waals surface area contributed by atoms with Gasteiger partial charge in [0.2, 0.25) is 0 Å². The summed E-state index contributed by atoms with van der Waals surface area (Å²) in [5, 5.41) is 26.7. The Morgan fingerprint density at radius 2 is 0.909 bits per heavy atom. The number of aryl methyl sites for hydroxylation is 3. The third-order valence-electron chi connectivity index (χ3n) is 6.71. The number of pyridine rings is 1. The summed E-state index contributed by atoms with van der Waals surface area (Å²) in [6.07, 6.45) is 26.2. The molecule has 0 radical (unpaired) electrons. The lowest BCUT2D eigenvalue weighted by Crippen LogP contribution is -2.38.